The van der Waals surface area contributed by atoms with Crippen molar-refractivity contribution >= 4 is 53.5 Å². The molecule has 1 fully saturated rings. The van der Waals surface area contributed by atoms with Gasteiger partial charge in [0.25, 0.3) is 0 Å². The summed E-state index contributed by atoms with van der Waals surface area (Å²) >= 11 is 4.01. The molecule has 0 amide bonds. The molecule has 1 rings (SSSR count). The third-order valence-electron chi connectivity index (χ3n) is 3.49. The predicted molar refractivity (Wildman–Crippen MR) is 112 cm³/mol. The topological polar surface area (TPSA) is 36.4 Å². The van der Waals surface area contributed by atoms with Gasteiger partial charge in [-0.25, -0.2) is 0 Å². The van der Waals surface area contributed by atoms with E-state index in [9.17, 15) is 0 Å². The highest BCUT2D eigenvalue weighted by atomic mass is 127. The third kappa shape index (κ3) is 10.2. The number of halogens is 1. The zero-order valence-corrected chi connectivity index (χ0v) is 17.7. The molecule has 0 aromatic heterocycles. The van der Waals surface area contributed by atoms with Crippen molar-refractivity contribution in [1.29, 1.82) is 0 Å². The SMILES string of the molecule is CCNC(=NCCCSC)NC1CCCC(SCC)C1.I. The van der Waals surface area contributed by atoms with Gasteiger partial charge in [-0.3, -0.25) is 4.99 Å². The first-order valence-electron chi connectivity index (χ1n) is 7.95. The molecule has 0 spiro atoms. The van der Waals surface area contributed by atoms with Gasteiger partial charge in [0, 0.05) is 24.4 Å². The number of hydrogen-bond donors (Lipinski definition) is 2. The van der Waals surface area contributed by atoms with Gasteiger partial charge < -0.3 is 10.6 Å². The van der Waals surface area contributed by atoms with Crippen LogP contribution in [0.25, 0.3) is 0 Å². The van der Waals surface area contributed by atoms with Crippen LogP contribution in [-0.2, 0) is 0 Å². The third-order valence-corrected chi connectivity index (χ3v) is 5.42. The Morgan fingerprint density at radius 2 is 2.10 bits per heavy atom. The molecule has 0 aromatic rings. The molecule has 2 atom stereocenters. The van der Waals surface area contributed by atoms with Gasteiger partial charge in [-0.15, -0.1) is 24.0 Å². The first kappa shape index (κ1) is 21.7. The Bertz CT molecular complexity index is 276. The number of guanidine groups is 1. The van der Waals surface area contributed by atoms with Crippen molar-refractivity contribution in [2.24, 2.45) is 4.99 Å². The fourth-order valence-electron chi connectivity index (χ4n) is 2.58. The molecule has 126 valence electrons. The second kappa shape index (κ2) is 14.3. The Labute approximate surface area is 156 Å². The van der Waals surface area contributed by atoms with Crippen LogP contribution in [0.5, 0.6) is 0 Å². The number of hydrogen-bond acceptors (Lipinski definition) is 3. The summed E-state index contributed by atoms with van der Waals surface area (Å²) in [7, 11) is 0. The fourth-order valence-corrected chi connectivity index (χ4v) is 4.17. The Morgan fingerprint density at radius 3 is 2.76 bits per heavy atom. The molecule has 1 saturated carbocycles. The van der Waals surface area contributed by atoms with Crippen LogP contribution in [0.2, 0.25) is 0 Å². The van der Waals surface area contributed by atoms with E-state index in [0.29, 0.717) is 6.04 Å². The van der Waals surface area contributed by atoms with E-state index < -0.39 is 0 Å². The Balaban J connectivity index is 0.00000400. The molecule has 0 radical (unpaired) electrons. The van der Waals surface area contributed by atoms with Crippen molar-refractivity contribution in [3.8, 4) is 0 Å². The van der Waals surface area contributed by atoms with Gasteiger partial charge in [0.05, 0.1) is 0 Å². The van der Waals surface area contributed by atoms with Gasteiger partial charge in [-0.05, 0) is 50.4 Å². The van der Waals surface area contributed by atoms with E-state index in [-0.39, 0.29) is 24.0 Å². The summed E-state index contributed by atoms with van der Waals surface area (Å²) in [4.78, 5) is 4.69. The maximum Gasteiger partial charge on any atom is 0.191 e. The average Bonchev–Trinajstić information content (AvgIpc) is 2.44. The molecule has 2 unspecified atom stereocenters. The number of rotatable bonds is 8. The summed E-state index contributed by atoms with van der Waals surface area (Å²) in [6.07, 6.45) is 8.63. The lowest BCUT2D eigenvalue weighted by Crippen LogP contribution is -2.45. The molecule has 0 aliphatic heterocycles. The highest BCUT2D eigenvalue weighted by Gasteiger charge is 2.22. The van der Waals surface area contributed by atoms with E-state index in [1.807, 2.05) is 11.8 Å². The maximum absolute atomic E-state index is 4.69. The van der Waals surface area contributed by atoms with Gasteiger partial charge in [0.1, 0.15) is 0 Å². The first-order chi connectivity index (χ1) is 9.80. The molecule has 1 aliphatic carbocycles. The minimum atomic E-state index is 0. The fraction of sp³-hybridized carbons (Fsp3) is 0.933. The molecule has 0 heterocycles. The zero-order chi connectivity index (χ0) is 14.6. The van der Waals surface area contributed by atoms with Crippen LogP contribution in [0.15, 0.2) is 4.99 Å². The van der Waals surface area contributed by atoms with E-state index in [4.69, 9.17) is 4.99 Å². The van der Waals surface area contributed by atoms with Crippen molar-refractivity contribution in [3.63, 3.8) is 0 Å². The Morgan fingerprint density at radius 1 is 1.29 bits per heavy atom. The highest BCUT2D eigenvalue weighted by molar-refractivity contribution is 14.0. The van der Waals surface area contributed by atoms with E-state index in [1.165, 1.54) is 37.2 Å². The standard InChI is InChI=1S/C15H31N3S2.HI/c1-4-16-15(17-10-7-11-19-3)18-13-8-6-9-14(12-13)20-5-2;/h13-14H,4-12H2,1-3H3,(H2,16,17,18);1H. The molecule has 0 bridgehead atoms. The van der Waals surface area contributed by atoms with Crippen molar-refractivity contribution in [1.82, 2.24) is 10.6 Å². The molecular weight excluding hydrogens is 413 g/mol. The van der Waals surface area contributed by atoms with Crippen molar-refractivity contribution < 1.29 is 0 Å². The van der Waals surface area contributed by atoms with Crippen LogP contribution in [0.1, 0.15) is 46.0 Å². The highest BCUT2D eigenvalue weighted by Crippen LogP contribution is 2.28. The normalized spacial score (nSPS) is 22.5. The molecule has 0 aromatic carbocycles. The summed E-state index contributed by atoms with van der Waals surface area (Å²) in [5.74, 6) is 3.45. The van der Waals surface area contributed by atoms with Crippen LogP contribution in [0, 0.1) is 0 Å². The lowest BCUT2D eigenvalue weighted by Gasteiger charge is -2.30. The van der Waals surface area contributed by atoms with E-state index >= 15 is 0 Å². The molecule has 2 N–H and O–H groups in total. The van der Waals surface area contributed by atoms with Crippen molar-refractivity contribution in [3.05, 3.63) is 0 Å². The molecular formula is C15H32IN3S2. The summed E-state index contributed by atoms with van der Waals surface area (Å²) in [5, 5.41) is 7.86. The van der Waals surface area contributed by atoms with Crippen molar-refractivity contribution in [2.45, 2.75) is 57.2 Å². The predicted octanol–water partition coefficient (Wildman–Crippen LogP) is 3.98. The van der Waals surface area contributed by atoms with Crippen LogP contribution in [0.4, 0.5) is 0 Å². The Hall–Kier alpha value is 0.700. The summed E-state index contributed by atoms with van der Waals surface area (Å²) < 4.78 is 0. The summed E-state index contributed by atoms with van der Waals surface area (Å²) in [6.45, 7) is 6.26. The number of nitrogens with one attached hydrogen (secondary N) is 2. The minimum Gasteiger partial charge on any atom is -0.357 e. The lowest BCUT2D eigenvalue weighted by molar-refractivity contribution is 0.419. The lowest BCUT2D eigenvalue weighted by atomic mass is 9.95. The summed E-state index contributed by atoms with van der Waals surface area (Å²) in [5.41, 5.74) is 0. The minimum absolute atomic E-state index is 0. The first-order valence-corrected chi connectivity index (χ1v) is 10.4. The van der Waals surface area contributed by atoms with Crippen LogP contribution in [0.3, 0.4) is 0 Å². The molecule has 6 heteroatoms. The second-order valence-electron chi connectivity index (χ2n) is 5.19. The smallest absolute Gasteiger partial charge is 0.191 e. The van der Waals surface area contributed by atoms with E-state index in [0.717, 1.165) is 30.7 Å². The Kier molecular flexibility index (Phi) is 14.8. The van der Waals surface area contributed by atoms with E-state index in [2.05, 4.69) is 42.5 Å². The average molecular weight is 445 g/mol. The van der Waals surface area contributed by atoms with Crippen LogP contribution >= 0.6 is 47.5 Å². The number of nitrogens with zero attached hydrogens (tertiary/aromatic N) is 1. The molecule has 21 heavy (non-hydrogen) atoms. The van der Waals surface area contributed by atoms with Gasteiger partial charge in [-0.1, -0.05) is 13.3 Å². The van der Waals surface area contributed by atoms with Crippen LogP contribution in [-0.4, -0.2) is 48.1 Å². The van der Waals surface area contributed by atoms with Gasteiger partial charge in [0.2, 0.25) is 0 Å². The van der Waals surface area contributed by atoms with Gasteiger partial charge in [-0.2, -0.15) is 23.5 Å². The monoisotopic (exact) mass is 445 g/mol. The number of aliphatic imine (C=N–C) groups is 1. The molecule has 1 aliphatic rings. The molecule has 0 saturated heterocycles. The van der Waals surface area contributed by atoms with Gasteiger partial charge >= 0.3 is 0 Å². The second-order valence-corrected chi connectivity index (χ2v) is 7.76. The number of thioether (sulfide) groups is 2. The quantitative estimate of drug-likeness (QED) is 0.257. The summed E-state index contributed by atoms with van der Waals surface area (Å²) in [6, 6.07) is 0.603. The van der Waals surface area contributed by atoms with Crippen LogP contribution < -0.4 is 10.6 Å². The van der Waals surface area contributed by atoms with E-state index in [1.54, 1.807) is 0 Å². The van der Waals surface area contributed by atoms with Gasteiger partial charge in [0.15, 0.2) is 5.96 Å². The maximum atomic E-state index is 4.69. The molecule has 3 nitrogen and oxygen atoms in total. The van der Waals surface area contributed by atoms with Crippen molar-refractivity contribution in [2.75, 3.05) is 30.9 Å². The zero-order valence-electron chi connectivity index (χ0n) is 13.7. The largest absolute Gasteiger partial charge is 0.357 e.